The summed E-state index contributed by atoms with van der Waals surface area (Å²) in [5.74, 6) is -2.43. The van der Waals surface area contributed by atoms with Gasteiger partial charge in [0.25, 0.3) is 0 Å². The summed E-state index contributed by atoms with van der Waals surface area (Å²) in [6, 6.07) is 2.61. The van der Waals surface area contributed by atoms with Crippen LogP contribution in [0.5, 0.6) is 11.8 Å². The lowest BCUT2D eigenvalue weighted by molar-refractivity contribution is -0.301. The van der Waals surface area contributed by atoms with Gasteiger partial charge in [0.2, 0.25) is 11.8 Å². The molecule has 2 amide bonds. The Hall–Kier alpha value is -2.78. The number of aryl methyl sites for hydroxylation is 1. The number of anilines is 1. The minimum absolute atomic E-state index is 0.0619. The Balaban J connectivity index is 1.52. The van der Waals surface area contributed by atoms with Crippen LogP contribution in [0.4, 0.5) is 10.1 Å². The first kappa shape index (κ1) is 19.5. The number of benzene rings is 1. The molecule has 152 valence electrons. The highest BCUT2D eigenvalue weighted by molar-refractivity contribution is 6.30. The van der Waals surface area contributed by atoms with Crippen molar-refractivity contribution >= 4 is 29.1 Å². The van der Waals surface area contributed by atoms with E-state index in [-0.39, 0.29) is 17.4 Å². The Morgan fingerprint density at radius 1 is 1.31 bits per heavy atom. The van der Waals surface area contributed by atoms with E-state index in [9.17, 15) is 14.0 Å². The Morgan fingerprint density at radius 3 is 2.52 bits per heavy atom. The maximum absolute atomic E-state index is 14.6. The number of amides is 2. The van der Waals surface area contributed by atoms with E-state index in [1.165, 1.54) is 19.5 Å². The molecule has 1 aromatic carbocycles. The van der Waals surface area contributed by atoms with Gasteiger partial charge in [0.15, 0.2) is 11.6 Å². The molecule has 0 radical (unpaired) electrons. The fourth-order valence-corrected chi connectivity index (χ4v) is 4.42. The molecule has 8 nitrogen and oxygen atoms in total. The molecule has 1 unspecified atom stereocenters. The molecule has 2 aromatic rings. The number of primary amides is 1. The number of nitrogens with zero attached hydrogens (tertiary/aromatic N) is 2. The van der Waals surface area contributed by atoms with Crippen molar-refractivity contribution in [1.82, 2.24) is 9.97 Å². The van der Waals surface area contributed by atoms with Crippen LogP contribution < -0.4 is 15.8 Å². The van der Waals surface area contributed by atoms with Gasteiger partial charge in [-0.05, 0) is 31.4 Å². The van der Waals surface area contributed by atoms with Gasteiger partial charge in [0, 0.05) is 18.9 Å². The minimum atomic E-state index is -0.886. The molecule has 29 heavy (non-hydrogen) atoms. The Bertz CT molecular complexity index is 985. The second-order valence-electron chi connectivity index (χ2n) is 7.46. The Morgan fingerprint density at radius 2 is 1.97 bits per heavy atom. The van der Waals surface area contributed by atoms with Crippen LogP contribution in [0, 0.1) is 24.1 Å². The van der Waals surface area contributed by atoms with E-state index in [0.717, 1.165) is 6.07 Å². The zero-order chi connectivity index (χ0) is 21.0. The number of aromatic nitrogens is 2. The highest BCUT2D eigenvalue weighted by Gasteiger charge is 2.81. The molecule has 1 heterocycles. The average molecular weight is 421 g/mol. The zero-order valence-electron chi connectivity index (χ0n) is 15.7. The molecule has 0 aliphatic heterocycles. The zero-order valence-corrected chi connectivity index (χ0v) is 16.4. The maximum Gasteiger partial charge on any atom is 0.322 e. The molecule has 0 spiro atoms. The number of ether oxygens (including phenoxy) is 2. The normalized spacial score (nSPS) is 26.8. The van der Waals surface area contributed by atoms with Crippen LogP contribution in [0.1, 0.15) is 18.4 Å². The molecule has 1 aromatic heterocycles. The van der Waals surface area contributed by atoms with E-state index in [4.69, 9.17) is 26.8 Å². The van der Waals surface area contributed by atoms with Gasteiger partial charge in [0.1, 0.15) is 0 Å². The third kappa shape index (κ3) is 2.92. The van der Waals surface area contributed by atoms with Crippen molar-refractivity contribution in [1.29, 1.82) is 0 Å². The number of hydrogen-bond acceptors (Lipinski definition) is 6. The predicted octanol–water partition coefficient (Wildman–Crippen LogP) is 2.59. The molecule has 10 heteroatoms. The first-order valence-electron chi connectivity index (χ1n) is 8.82. The number of carbonyl (C=O) groups excluding carboxylic acids is 2. The van der Waals surface area contributed by atoms with Gasteiger partial charge in [-0.1, -0.05) is 11.6 Å². The van der Waals surface area contributed by atoms with Gasteiger partial charge in [-0.2, -0.15) is 0 Å². The second kappa shape index (κ2) is 6.64. The molecular formula is C19H18ClFN4O4. The maximum atomic E-state index is 14.6. The predicted molar refractivity (Wildman–Crippen MR) is 101 cm³/mol. The number of nitrogens with one attached hydrogen (secondary N) is 1. The molecule has 0 saturated heterocycles. The summed E-state index contributed by atoms with van der Waals surface area (Å²) >= 11 is 5.72. The summed E-state index contributed by atoms with van der Waals surface area (Å²) in [6.45, 7) is 1.62. The van der Waals surface area contributed by atoms with Crippen LogP contribution in [-0.4, -0.2) is 34.5 Å². The SMILES string of the molecule is COC12CC(C(N)=O)(C1)C2C(=O)Nc1cc(C)c(Oc2ncc(Cl)cn2)c(F)c1. The smallest absolute Gasteiger partial charge is 0.322 e. The molecule has 3 N–H and O–H groups in total. The summed E-state index contributed by atoms with van der Waals surface area (Å²) in [5, 5.41) is 2.98. The molecule has 3 aliphatic carbocycles. The topological polar surface area (TPSA) is 116 Å². The van der Waals surface area contributed by atoms with E-state index < -0.39 is 34.6 Å². The molecule has 3 saturated carbocycles. The van der Waals surface area contributed by atoms with E-state index in [0.29, 0.717) is 23.4 Å². The first-order valence-corrected chi connectivity index (χ1v) is 9.20. The quantitative estimate of drug-likeness (QED) is 0.741. The van der Waals surface area contributed by atoms with Crippen molar-refractivity contribution in [2.24, 2.45) is 17.1 Å². The third-order valence-corrected chi connectivity index (χ3v) is 5.95. The lowest BCUT2D eigenvalue weighted by Gasteiger charge is -2.72. The highest BCUT2D eigenvalue weighted by atomic mass is 35.5. The molecule has 1 atom stereocenters. The van der Waals surface area contributed by atoms with E-state index in [2.05, 4.69) is 15.3 Å². The van der Waals surface area contributed by atoms with Crippen LogP contribution in [0.15, 0.2) is 24.5 Å². The van der Waals surface area contributed by atoms with Crippen LogP contribution in [0.25, 0.3) is 0 Å². The van der Waals surface area contributed by atoms with Gasteiger partial charge in [-0.3, -0.25) is 9.59 Å². The number of rotatable bonds is 6. The molecule has 3 aliphatic rings. The van der Waals surface area contributed by atoms with Crippen LogP contribution >= 0.6 is 11.6 Å². The number of nitrogens with two attached hydrogens (primary N) is 1. The van der Waals surface area contributed by atoms with Gasteiger partial charge in [0.05, 0.1) is 34.4 Å². The summed E-state index contributed by atoms with van der Waals surface area (Å²) < 4.78 is 25.4. The third-order valence-electron chi connectivity index (χ3n) is 5.75. The molecular weight excluding hydrogens is 403 g/mol. The van der Waals surface area contributed by atoms with Crippen molar-refractivity contribution in [2.45, 2.75) is 25.4 Å². The van der Waals surface area contributed by atoms with Crippen LogP contribution in [0.3, 0.4) is 0 Å². The molecule has 3 fully saturated rings. The summed E-state index contributed by atoms with van der Waals surface area (Å²) in [7, 11) is 1.50. The largest absolute Gasteiger partial charge is 0.421 e. The Kier molecular flexibility index (Phi) is 4.47. The summed E-state index contributed by atoms with van der Waals surface area (Å²) in [4.78, 5) is 32.3. The fourth-order valence-electron chi connectivity index (χ4n) is 4.33. The number of methoxy groups -OCH3 is 1. The lowest BCUT2D eigenvalue weighted by atomic mass is 9.34. The highest BCUT2D eigenvalue weighted by Crippen LogP contribution is 2.73. The summed E-state index contributed by atoms with van der Waals surface area (Å²) in [6.07, 6.45) is 3.50. The monoisotopic (exact) mass is 420 g/mol. The van der Waals surface area contributed by atoms with E-state index in [1.54, 1.807) is 13.0 Å². The van der Waals surface area contributed by atoms with Crippen LogP contribution in [-0.2, 0) is 14.3 Å². The van der Waals surface area contributed by atoms with Gasteiger partial charge >= 0.3 is 6.01 Å². The number of hydrogen-bond donors (Lipinski definition) is 2. The Labute approximate surface area is 170 Å². The summed E-state index contributed by atoms with van der Waals surface area (Å²) in [5.41, 5.74) is 4.57. The van der Waals surface area contributed by atoms with Gasteiger partial charge < -0.3 is 20.5 Å². The first-order chi connectivity index (χ1) is 13.7. The van der Waals surface area contributed by atoms with Crippen LogP contribution in [0.2, 0.25) is 5.02 Å². The number of carbonyl (C=O) groups is 2. The molecule has 5 rings (SSSR count). The lowest BCUT2D eigenvalue weighted by Crippen LogP contribution is -2.82. The minimum Gasteiger partial charge on any atom is -0.421 e. The van der Waals surface area contributed by atoms with Crippen molar-refractivity contribution in [3.05, 3.63) is 40.9 Å². The van der Waals surface area contributed by atoms with Crippen molar-refractivity contribution in [2.75, 3.05) is 12.4 Å². The molecule has 2 bridgehead atoms. The standard InChI is InChI=1S/C19H18ClFN4O4/c1-9-3-11(4-12(21)13(9)29-17-23-5-10(20)6-24-17)25-15(26)14-18(16(22)27)7-19(14,8-18)28-2/h3-6,14H,7-8H2,1-2H3,(H2,22,27)(H,25,26). The van der Waals surface area contributed by atoms with Gasteiger partial charge in [-0.15, -0.1) is 0 Å². The van der Waals surface area contributed by atoms with Crippen molar-refractivity contribution in [3.8, 4) is 11.8 Å². The number of halogens is 2. The van der Waals surface area contributed by atoms with E-state index in [1.807, 2.05) is 0 Å². The van der Waals surface area contributed by atoms with Crippen molar-refractivity contribution < 1.29 is 23.5 Å². The second-order valence-corrected chi connectivity index (χ2v) is 7.89. The van der Waals surface area contributed by atoms with E-state index >= 15 is 0 Å². The fraction of sp³-hybridized carbons (Fsp3) is 0.368. The van der Waals surface area contributed by atoms with Gasteiger partial charge in [-0.25, -0.2) is 14.4 Å². The van der Waals surface area contributed by atoms with Crippen molar-refractivity contribution in [3.63, 3.8) is 0 Å². The average Bonchev–Trinajstić information content (AvgIpc) is 2.58.